The van der Waals surface area contributed by atoms with Gasteiger partial charge in [-0.2, -0.15) is 4.31 Å². The third kappa shape index (κ3) is 6.17. The van der Waals surface area contributed by atoms with Gasteiger partial charge in [0.15, 0.2) is 0 Å². The Labute approximate surface area is 203 Å². The summed E-state index contributed by atoms with van der Waals surface area (Å²) < 4.78 is 40.0. The fraction of sp³-hybridized carbons (Fsp3) is 0.625. The van der Waals surface area contributed by atoms with Crippen LogP contribution in [-0.2, 0) is 19.6 Å². The number of likely N-dealkylation sites (N-methyl/N-ethyl adjacent to an activating group) is 1. The summed E-state index contributed by atoms with van der Waals surface area (Å²) >= 11 is 0. The number of sulfonamides is 1. The van der Waals surface area contributed by atoms with Gasteiger partial charge in [-0.1, -0.05) is 25.1 Å². The molecule has 2 aliphatic rings. The molecule has 9 nitrogen and oxygen atoms in total. The standard InChI is InChI=1S/C24H37N3O6S/c1-5-6-20-7-8-23-21(13-20)33-22(18(2)14-27(19(3)17-28)34(23,30)31)15-25(4)24(29)16-26-9-11-32-12-10-26/h5-8,13,18-19,22,28H,9-12,14-17H2,1-4H3/b6-5+/t18-,19+,22+/m0/s1. The second-order valence-electron chi connectivity index (χ2n) is 9.11. The minimum Gasteiger partial charge on any atom is -0.487 e. The number of fused-ring (bicyclic) bond motifs is 1. The molecule has 1 N–H and O–H groups in total. The van der Waals surface area contributed by atoms with Crippen LogP contribution in [0.2, 0.25) is 0 Å². The maximum Gasteiger partial charge on any atom is 0.247 e. The number of aliphatic hydroxyl groups is 1. The van der Waals surface area contributed by atoms with Crippen molar-refractivity contribution in [1.29, 1.82) is 0 Å². The van der Waals surface area contributed by atoms with Gasteiger partial charge in [0.1, 0.15) is 16.7 Å². The molecule has 2 aliphatic heterocycles. The van der Waals surface area contributed by atoms with Crippen molar-refractivity contribution in [2.45, 2.75) is 37.8 Å². The summed E-state index contributed by atoms with van der Waals surface area (Å²) in [6.45, 7) is 8.70. The van der Waals surface area contributed by atoms with Gasteiger partial charge < -0.3 is 19.5 Å². The van der Waals surface area contributed by atoms with Gasteiger partial charge in [-0.05, 0) is 31.5 Å². The molecular weight excluding hydrogens is 458 g/mol. The first kappa shape index (κ1) is 26.6. The zero-order valence-electron chi connectivity index (χ0n) is 20.5. The number of hydrogen-bond acceptors (Lipinski definition) is 7. The van der Waals surface area contributed by atoms with Crippen molar-refractivity contribution < 1.29 is 27.8 Å². The molecule has 0 aliphatic carbocycles. The molecule has 1 aromatic rings. The van der Waals surface area contributed by atoms with Crippen LogP contribution in [0.4, 0.5) is 0 Å². The molecule has 10 heteroatoms. The normalized spacial score (nSPS) is 24.6. The minimum absolute atomic E-state index is 0.0177. The number of rotatable bonds is 7. The fourth-order valence-corrected chi connectivity index (χ4v) is 6.02. The molecule has 34 heavy (non-hydrogen) atoms. The first-order valence-corrected chi connectivity index (χ1v) is 13.2. The number of morpholine rings is 1. The molecule has 1 saturated heterocycles. The summed E-state index contributed by atoms with van der Waals surface area (Å²) in [5.74, 6) is 0.0214. The van der Waals surface area contributed by atoms with Gasteiger partial charge in [0, 0.05) is 38.6 Å². The Hall–Kier alpha value is -1.98. The van der Waals surface area contributed by atoms with E-state index in [9.17, 15) is 18.3 Å². The van der Waals surface area contributed by atoms with Crippen molar-refractivity contribution >= 4 is 22.0 Å². The number of amides is 1. The van der Waals surface area contributed by atoms with Crippen LogP contribution in [0.25, 0.3) is 6.08 Å². The molecule has 0 aromatic heterocycles. The number of ether oxygens (including phenoxy) is 2. The van der Waals surface area contributed by atoms with Crippen LogP contribution in [0.5, 0.6) is 5.75 Å². The molecule has 2 heterocycles. The fourth-order valence-electron chi connectivity index (χ4n) is 4.20. The summed E-state index contributed by atoms with van der Waals surface area (Å²) in [7, 11) is -2.13. The van der Waals surface area contributed by atoms with Crippen molar-refractivity contribution in [2.24, 2.45) is 5.92 Å². The van der Waals surface area contributed by atoms with E-state index in [-0.39, 0.29) is 35.6 Å². The molecule has 1 aromatic carbocycles. The predicted octanol–water partition coefficient (Wildman–Crippen LogP) is 1.28. The Morgan fingerprint density at radius 2 is 2.03 bits per heavy atom. The molecule has 0 radical (unpaired) electrons. The van der Waals surface area contributed by atoms with Gasteiger partial charge in [0.05, 0.1) is 32.9 Å². The number of allylic oxidation sites excluding steroid dienone is 1. The average molecular weight is 496 g/mol. The Morgan fingerprint density at radius 3 is 2.68 bits per heavy atom. The SMILES string of the molecule is C/C=C/c1ccc2c(c1)O[C@H](CN(C)C(=O)CN1CCOCC1)[C@@H](C)CN([C@H](C)CO)S2(=O)=O. The highest BCUT2D eigenvalue weighted by molar-refractivity contribution is 7.89. The monoisotopic (exact) mass is 495 g/mol. The zero-order valence-corrected chi connectivity index (χ0v) is 21.3. The molecule has 1 fully saturated rings. The van der Waals surface area contributed by atoms with Crippen molar-refractivity contribution in [1.82, 2.24) is 14.1 Å². The smallest absolute Gasteiger partial charge is 0.247 e. The van der Waals surface area contributed by atoms with Crippen molar-refractivity contribution in [3.8, 4) is 5.75 Å². The van der Waals surface area contributed by atoms with Gasteiger partial charge >= 0.3 is 0 Å². The van der Waals surface area contributed by atoms with Crippen molar-refractivity contribution in [2.75, 3.05) is 59.6 Å². The zero-order chi connectivity index (χ0) is 24.9. The second kappa shape index (κ2) is 11.6. The molecule has 1 amide bonds. The van der Waals surface area contributed by atoms with Crippen molar-refractivity contribution in [3.05, 3.63) is 29.8 Å². The molecule has 3 rings (SSSR count). The lowest BCUT2D eigenvalue weighted by atomic mass is 10.0. The van der Waals surface area contributed by atoms with Crippen LogP contribution in [0.1, 0.15) is 26.3 Å². The topological polar surface area (TPSA) is 99.6 Å². The second-order valence-corrected chi connectivity index (χ2v) is 11.0. The summed E-state index contributed by atoms with van der Waals surface area (Å²) in [4.78, 5) is 16.7. The molecule has 0 bridgehead atoms. The molecule has 190 valence electrons. The van der Waals surface area contributed by atoms with Gasteiger partial charge in [-0.3, -0.25) is 9.69 Å². The van der Waals surface area contributed by atoms with E-state index in [4.69, 9.17) is 9.47 Å². The van der Waals surface area contributed by atoms with E-state index < -0.39 is 22.2 Å². The number of hydrogen-bond donors (Lipinski definition) is 1. The maximum atomic E-state index is 13.5. The van der Waals surface area contributed by atoms with Gasteiger partial charge in [-0.25, -0.2) is 8.42 Å². The minimum atomic E-state index is -3.88. The van der Waals surface area contributed by atoms with E-state index in [1.165, 1.54) is 4.31 Å². The van der Waals surface area contributed by atoms with Crippen LogP contribution < -0.4 is 4.74 Å². The van der Waals surface area contributed by atoms with Crippen molar-refractivity contribution in [3.63, 3.8) is 0 Å². The van der Waals surface area contributed by atoms with E-state index >= 15 is 0 Å². The number of nitrogens with zero attached hydrogens (tertiary/aromatic N) is 3. The number of aliphatic hydroxyl groups excluding tert-OH is 1. The Kier molecular flexibility index (Phi) is 9.11. The van der Waals surface area contributed by atoms with Crippen LogP contribution >= 0.6 is 0 Å². The summed E-state index contributed by atoms with van der Waals surface area (Å²) in [5, 5.41) is 9.76. The lowest BCUT2D eigenvalue weighted by Crippen LogP contribution is -2.51. The summed E-state index contributed by atoms with van der Waals surface area (Å²) in [6.07, 6.45) is 3.32. The first-order valence-electron chi connectivity index (χ1n) is 11.8. The molecule has 3 atom stereocenters. The van der Waals surface area contributed by atoms with E-state index in [1.54, 1.807) is 37.1 Å². The third-order valence-corrected chi connectivity index (χ3v) is 8.41. The number of benzene rings is 1. The van der Waals surface area contributed by atoms with Gasteiger partial charge in [-0.15, -0.1) is 0 Å². The molecule has 0 spiro atoms. The van der Waals surface area contributed by atoms with Crippen LogP contribution in [0.15, 0.2) is 29.2 Å². The predicted molar refractivity (Wildman–Crippen MR) is 130 cm³/mol. The molecule has 0 saturated carbocycles. The van der Waals surface area contributed by atoms with E-state index in [0.717, 1.165) is 18.7 Å². The lowest BCUT2D eigenvalue weighted by Gasteiger charge is -2.38. The lowest BCUT2D eigenvalue weighted by molar-refractivity contribution is -0.133. The van der Waals surface area contributed by atoms with E-state index in [2.05, 4.69) is 4.90 Å². The van der Waals surface area contributed by atoms with Crippen LogP contribution in [-0.4, -0.2) is 105 Å². The quantitative estimate of drug-likeness (QED) is 0.608. The summed E-state index contributed by atoms with van der Waals surface area (Å²) in [6, 6.07) is 4.42. The summed E-state index contributed by atoms with van der Waals surface area (Å²) in [5.41, 5.74) is 0.821. The van der Waals surface area contributed by atoms with Gasteiger partial charge in [0.2, 0.25) is 15.9 Å². The maximum absolute atomic E-state index is 13.5. The van der Waals surface area contributed by atoms with Crippen LogP contribution in [0, 0.1) is 5.92 Å². The highest BCUT2D eigenvalue weighted by Gasteiger charge is 2.38. The molecular formula is C24H37N3O6S. The Bertz CT molecular complexity index is 977. The largest absolute Gasteiger partial charge is 0.487 e. The van der Waals surface area contributed by atoms with E-state index in [1.807, 2.05) is 26.0 Å². The third-order valence-electron chi connectivity index (χ3n) is 6.39. The Morgan fingerprint density at radius 1 is 1.32 bits per heavy atom. The highest BCUT2D eigenvalue weighted by atomic mass is 32.2. The van der Waals surface area contributed by atoms with E-state index in [0.29, 0.717) is 26.3 Å². The highest BCUT2D eigenvalue weighted by Crippen LogP contribution is 2.34. The Balaban J connectivity index is 1.89. The number of carbonyl (C=O) groups excluding carboxylic acids is 1. The van der Waals surface area contributed by atoms with Gasteiger partial charge in [0.25, 0.3) is 0 Å². The molecule has 0 unspecified atom stereocenters. The number of carbonyl (C=O) groups is 1. The first-order chi connectivity index (χ1) is 16.2. The van der Waals surface area contributed by atoms with Crippen LogP contribution in [0.3, 0.4) is 0 Å². The average Bonchev–Trinajstić information content (AvgIpc) is 2.81.